The van der Waals surface area contributed by atoms with E-state index in [1.165, 1.54) is 43.3 Å². The van der Waals surface area contributed by atoms with Crippen molar-refractivity contribution in [2.75, 3.05) is 54.4 Å². The quantitative estimate of drug-likeness (QED) is 0.424. The number of benzene rings is 2. The highest BCUT2D eigenvalue weighted by Gasteiger charge is 2.34. The lowest BCUT2D eigenvalue weighted by atomic mass is 10.2. The zero-order chi connectivity index (χ0) is 29.0. The van der Waals surface area contributed by atoms with E-state index in [1.807, 2.05) is 5.32 Å². The van der Waals surface area contributed by atoms with Crippen molar-refractivity contribution in [3.8, 4) is 0 Å². The highest BCUT2D eigenvalue weighted by molar-refractivity contribution is 7.89. The lowest BCUT2D eigenvalue weighted by Gasteiger charge is -2.24. The highest BCUT2D eigenvalue weighted by Crippen LogP contribution is 2.28. The molecule has 2 aliphatic heterocycles. The van der Waals surface area contributed by atoms with Crippen molar-refractivity contribution in [2.45, 2.75) is 24.3 Å². The first-order valence-electron chi connectivity index (χ1n) is 12.2. The first kappa shape index (κ1) is 29.1. The number of carbonyl (C=O) groups excluding carboxylic acids is 3. The molecule has 16 heteroatoms. The van der Waals surface area contributed by atoms with Crippen molar-refractivity contribution in [2.24, 2.45) is 0 Å². The van der Waals surface area contributed by atoms with E-state index in [0.717, 1.165) is 15.4 Å². The van der Waals surface area contributed by atoms with Crippen LogP contribution in [0.2, 0.25) is 0 Å². The van der Waals surface area contributed by atoms with Crippen LogP contribution in [0.5, 0.6) is 0 Å². The van der Waals surface area contributed by atoms with Gasteiger partial charge in [-0.2, -0.15) is 8.78 Å². The van der Waals surface area contributed by atoms with E-state index in [1.54, 1.807) is 4.90 Å². The molecular formula is C24H27F3N6O6S. The van der Waals surface area contributed by atoms with Gasteiger partial charge in [0.05, 0.1) is 29.4 Å². The number of alkyl halides is 2. The Kier molecular flexibility index (Phi) is 8.80. The Hall–Kier alpha value is -3.89. The first-order valence-corrected chi connectivity index (χ1v) is 13.6. The molecule has 2 aromatic carbocycles. The van der Waals surface area contributed by atoms with Crippen LogP contribution in [0.1, 0.15) is 6.92 Å². The number of amides is 3. The standard InChI is InChI=1S/C24H27F3N6O6S/c1-15(34)30-16-2-5-19(6-3-16)40(37,38)33-11-10-31(9-8-29-33)21-7-4-17(12-20(21)25)32-14-18(39-24(32)36)13-28-23(35)22(26)27/h2-7,12,18,22,29H,8-11,13-14H2,1H3,(H,28,35)(H,30,34). The van der Waals surface area contributed by atoms with Gasteiger partial charge in [0, 0.05) is 38.8 Å². The molecule has 2 fully saturated rings. The molecule has 40 heavy (non-hydrogen) atoms. The Morgan fingerprint density at radius 1 is 1.12 bits per heavy atom. The number of cyclic esters (lactones) is 1. The number of hydrogen-bond acceptors (Lipinski definition) is 8. The number of sulfonamides is 1. The maximum absolute atomic E-state index is 15.2. The molecule has 0 saturated carbocycles. The Morgan fingerprint density at radius 3 is 2.50 bits per heavy atom. The smallest absolute Gasteiger partial charge is 0.414 e. The van der Waals surface area contributed by atoms with Crippen molar-refractivity contribution < 1.29 is 40.7 Å². The van der Waals surface area contributed by atoms with E-state index in [0.29, 0.717) is 5.69 Å². The molecule has 216 valence electrons. The molecule has 1 unspecified atom stereocenters. The summed E-state index contributed by atoms with van der Waals surface area (Å²) < 4.78 is 72.3. The second kappa shape index (κ2) is 12.1. The van der Waals surface area contributed by atoms with E-state index in [9.17, 15) is 31.6 Å². The van der Waals surface area contributed by atoms with E-state index in [-0.39, 0.29) is 61.4 Å². The molecule has 2 heterocycles. The molecule has 0 bridgehead atoms. The number of nitrogens with zero attached hydrogens (tertiary/aromatic N) is 3. The predicted molar refractivity (Wildman–Crippen MR) is 138 cm³/mol. The van der Waals surface area contributed by atoms with Crippen molar-refractivity contribution in [1.82, 2.24) is 15.2 Å². The number of hydrogen-bond donors (Lipinski definition) is 3. The van der Waals surface area contributed by atoms with Gasteiger partial charge in [-0.1, -0.05) is 0 Å². The number of rotatable bonds is 8. The molecule has 0 spiro atoms. The van der Waals surface area contributed by atoms with Crippen LogP contribution in [0, 0.1) is 5.82 Å². The summed E-state index contributed by atoms with van der Waals surface area (Å²) in [5.74, 6) is -2.43. The number of ether oxygens (including phenoxy) is 1. The van der Waals surface area contributed by atoms with E-state index in [2.05, 4.69) is 10.7 Å². The van der Waals surface area contributed by atoms with Gasteiger partial charge in [-0.15, -0.1) is 4.41 Å². The van der Waals surface area contributed by atoms with Crippen molar-refractivity contribution in [3.63, 3.8) is 0 Å². The van der Waals surface area contributed by atoms with Crippen LogP contribution in [0.4, 0.5) is 35.0 Å². The molecular weight excluding hydrogens is 557 g/mol. The van der Waals surface area contributed by atoms with Crippen LogP contribution in [0.25, 0.3) is 0 Å². The first-order chi connectivity index (χ1) is 19.0. The number of nitrogens with one attached hydrogen (secondary N) is 3. The second-order valence-corrected chi connectivity index (χ2v) is 10.8. The van der Waals surface area contributed by atoms with Crippen molar-refractivity contribution in [1.29, 1.82) is 0 Å². The van der Waals surface area contributed by atoms with Gasteiger partial charge < -0.3 is 20.3 Å². The zero-order valence-electron chi connectivity index (χ0n) is 21.3. The minimum absolute atomic E-state index is 0.00143. The molecule has 0 aliphatic carbocycles. The van der Waals surface area contributed by atoms with Crippen LogP contribution in [-0.4, -0.2) is 82.5 Å². The Morgan fingerprint density at radius 2 is 1.85 bits per heavy atom. The molecule has 3 amide bonds. The van der Waals surface area contributed by atoms with Crippen LogP contribution >= 0.6 is 0 Å². The van der Waals surface area contributed by atoms with Crippen LogP contribution in [-0.2, 0) is 24.3 Å². The summed E-state index contributed by atoms with van der Waals surface area (Å²) >= 11 is 0. The molecule has 0 aromatic heterocycles. The van der Waals surface area contributed by atoms with Crippen molar-refractivity contribution >= 4 is 45.0 Å². The van der Waals surface area contributed by atoms with Gasteiger partial charge in [0.1, 0.15) is 11.9 Å². The zero-order valence-corrected chi connectivity index (χ0v) is 22.1. The van der Waals surface area contributed by atoms with E-state index >= 15 is 4.39 Å². The lowest BCUT2D eigenvalue weighted by molar-refractivity contribution is -0.132. The largest absolute Gasteiger partial charge is 0.442 e. The Balaban J connectivity index is 1.39. The minimum atomic E-state index is -3.93. The number of anilines is 3. The number of carbonyl (C=O) groups is 3. The van der Waals surface area contributed by atoms with Gasteiger partial charge in [-0.3, -0.25) is 14.5 Å². The molecule has 4 rings (SSSR count). The van der Waals surface area contributed by atoms with Crippen LogP contribution < -0.4 is 25.9 Å². The van der Waals surface area contributed by atoms with E-state index in [4.69, 9.17) is 4.74 Å². The predicted octanol–water partition coefficient (Wildman–Crippen LogP) is 1.51. The molecule has 0 radical (unpaired) electrons. The third-order valence-electron chi connectivity index (χ3n) is 6.17. The van der Waals surface area contributed by atoms with Gasteiger partial charge in [0.25, 0.3) is 15.9 Å². The third kappa shape index (κ3) is 6.63. The highest BCUT2D eigenvalue weighted by atomic mass is 32.2. The molecule has 2 saturated heterocycles. The summed E-state index contributed by atoms with van der Waals surface area (Å²) in [6, 6.07) is 9.78. The van der Waals surface area contributed by atoms with Crippen LogP contribution in [0.3, 0.4) is 0 Å². The van der Waals surface area contributed by atoms with E-state index < -0.39 is 40.4 Å². The summed E-state index contributed by atoms with van der Waals surface area (Å²) in [6.45, 7) is 1.58. The normalized spacial score (nSPS) is 18.4. The molecule has 3 N–H and O–H groups in total. The summed E-state index contributed by atoms with van der Waals surface area (Å²) in [5.41, 5.74) is 3.67. The van der Waals surface area contributed by atoms with Crippen LogP contribution in [0.15, 0.2) is 47.4 Å². The lowest BCUT2D eigenvalue weighted by Crippen LogP contribution is -2.43. The van der Waals surface area contributed by atoms with Gasteiger partial charge in [0.2, 0.25) is 5.91 Å². The number of hydrazine groups is 1. The average Bonchev–Trinajstić information content (AvgIpc) is 3.10. The fraction of sp³-hybridized carbons (Fsp3) is 0.375. The van der Waals surface area contributed by atoms with Gasteiger partial charge in [-0.25, -0.2) is 23.0 Å². The van der Waals surface area contributed by atoms with Crippen molar-refractivity contribution in [3.05, 3.63) is 48.3 Å². The molecule has 2 aromatic rings. The topological polar surface area (TPSA) is 140 Å². The summed E-state index contributed by atoms with van der Waals surface area (Å²) in [6.07, 6.45) is -4.89. The maximum atomic E-state index is 15.2. The fourth-order valence-electron chi connectivity index (χ4n) is 4.25. The maximum Gasteiger partial charge on any atom is 0.414 e. The fourth-order valence-corrected chi connectivity index (χ4v) is 5.57. The van der Waals surface area contributed by atoms with Gasteiger partial charge in [0.15, 0.2) is 0 Å². The average molecular weight is 585 g/mol. The van der Waals surface area contributed by atoms with Gasteiger partial charge >= 0.3 is 12.5 Å². The number of halogens is 3. The van der Waals surface area contributed by atoms with Gasteiger partial charge in [-0.05, 0) is 42.5 Å². The second-order valence-electron chi connectivity index (χ2n) is 8.98. The summed E-state index contributed by atoms with van der Waals surface area (Å²) in [4.78, 5) is 37.3. The summed E-state index contributed by atoms with van der Waals surface area (Å²) in [5, 5.41) is 4.55. The SMILES string of the molecule is CC(=O)Nc1ccc(S(=O)(=O)N2CCN(c3ccc(N4CC(CNC(=O)C(F)F)OC4=O)cc3F)CCN2)cc1. The molecule has 12 nitrogen and oxygen atoms in total. The molecule has 2 aliphatic rings. The minimum Gasteiger partial charge on any atom is -0.442 e. The Labute approximate surface area is 228 Å². The Bertz CT molecular complexity index is 1380. The third-order valence-corrected chi connectivity index (χ3v) is 7.93. The monoisotopic (exact) mass is 584 g/mol. The summed E-state index contributed by atoms with van der Waals surface area (Å²) in [7, 11) is -3.93. The molecule has 1 atom stereocenters.